The average Bonchev–Trinajstić information content (AvgIpc) is 3.27. The normalized spacial score (nSPS) is 10.9. The van der Waals surface area contributed by atoms with E-state index in [9.17, 15) is 9.59 Å². The maximum absolute atomic E-state index is 13.1. The van der Waals surface area contributed by atoms with Crippen molar-refractivity contribution in [2.75, 3.05) is 25.3 Å². The number of nitrogens with zero attached hydrogens (tertiary/aromatic N) is 2. The van der Waals surface area contributed by atoms with Gasteiger partial charge in [0.1, 0.15) is 16.2 Å². The molecule has 2 aromatic carbocycles. The smallest absolute Gasteiger partial charge is 0.272 e. The van der Waals surface area contributed by atoms with Crippen molar-refractivity contribution in [3.8, 4) is 21.9 Å². The molecule has 1 amide bonds. The number of carbonyl (C=O) groups is 1. The van der Waals surface area contributed by atoms with Crippen molar-refractivity contribution in [2.45, 2.75) is 18.6 Å². The fourth-order valence-corrected chi connectivity index (χ4v) is 5.25. The highest BCUT2D eigenvalue weighted by Gasteiger charge is 2.16. The molecule has 0 atom stereocenters. The first-order valence-corrected chi connectivity index (χ1v) is 12.1. The average molecular weight is 482 g/mol. The highest BCUT2D eigenvalue weighted by atomic mass is 32.2. The predicted molar refractivity (Wildman–Crippen MR) is 134 cm³/mol. The van der Waals surface area contributed by atoms with Gasteiger partial charge in [-0.2, -0.15) is 0 Å². The number of benzene rings is 2. The van der Waals surface area contributed by atoms with Gasteiger partial charge in [0.15, 0.2) is 5.16 Å². The number of nitrogens with one attached hydrogen (secondary N) is 1. The van der Waals surface area contributed by atoms with Gasteiger partial charge in [0, 0.05) is 35.3 Å². The lowest BCUT2D eigenvalue weighted by Crippen LogP contribution is -2.22. The van der Waals surface area contributed by atoms with Gasteiger partial charge in [0.2, 0.25) is 5.91 Å². The van der Waals surface area contributed by atoms with Gasteiger partial charge in [-0.25, -0.2) is 4.98 Å². The van der Waals surface area contributed by atoms with E-state index in [2.05, 4.69) is 5.32 Å². The molecular weight excluding hydrogens is 458 g/mol. The van der Waals surface area contributed by atoms with Gasteiger partial charge in [0.25, 0.3) is 5.56 Å². The summed E-state index contributed by atoms with van der Waals surface area (Å²) in [5.74, 6) is 1.04. The maximum Gasteiger partial charge on any atom is 0.272 e. The Bertz CT molecular complexity index is 1330. The number of amides is 1. The second-order valence-electron chi connectivity index (χ2n) is 7.07. The van der Waals surface area contributed by atoms with Gasteiger partial charge in [0.05, 0.1) is 25.5 Å². The van der Waals surface area contributed by atoms with Crippen LogP contribution in [0.15, 0.2) is 64.5 Å². The maximum atomic E-state index is 13.1. The number of methoxy groups -OCH3 is 2. The van der Waals surface area contributed by atoms with Crippen molar-refractivity contribution < 1.29 is 14.3 Å². The summed E-state index contributed by atoms with van der Waals surface area (Å²) < 4.78 is 12.7. The molecule has 0 fully saturated rings. The highest BCUT2D eigenvalue weighted by molar-refractivity contribution is 7.99. The molecule has 0 aliphatic carbocycles. The monoisotopic (exact) mass is 481 g/mol. The van der Waals surface area contributed by atoms with E-state index in [0.29, 0.717) is 39.1 Å². The number of thioether (sulfide) groups is 1. The van der Waals surface area contributed by atoms with E-state index in [-0.39, 0.29) is 17.2 Å². The largest absolute Gasteiger partial charge is 0.497 e. The van der Waals surface area contributed by atoms with E-state index in [0.717, 1.165) is 10.4 Å². The van der Waals surface area contributed by atoms with Crippen molar-refractivity contribution in [1.82, 2.24) is 9.55 Å². The number of hydrogen-bond donors (Lipinski definition) is 1. The Balaban J connectivity index is 1.56. The van der Waals surface area contributed by atoms with Gasteiger partial charge in [-0.05, 0) is 18.6 Å². The minimum absolute atomic E-state index is 0.0879. The zero-order chi connectivity index (χ0) is 23.4. The number of carbonyl (C=O) groups excluding carboxylic acids is 1. The minimum atomic E-state index is -0.220. The van der Waals surface area contributed by atoms with Crippen molar-refractivity contribution in [3.05, 3.63) is 65.0 Å². The standard InChI is InChI=1S/C24H23N3O4S2/c1-4-27-23(29)22-19(13-20(33-22)15-8-6-5-7-9-15)26-24(27)32-14-21(28)25-16-10-17(30-2)12-18(11-16)31-3/h5-13H,4,14H2,1-3H3,(H,25,28). The molecule has 2 heterocycles. The number of aromatic nitrogens is 2. The molecule has 1 N–H and O–H groups in total. The Labute approximate surface area is 199 Å². The lowest BCUT2D eigenvalue weighted by Gasteiger charge is -2.11. The topological polar surface area (TPSA) is 82.5 Å². The summed E-state index contributed by atoms with van der Waals surface area (Å²) in [5.41, 5.74) is 2.17. The Morgan fingerprint density at radius 1 is 1.09 bits per heavy atom. The Hall–Kier alpha value is -3.30. The summed E-state index contributed by atoms with van der Waals surface area (Å²) in [6.07, 6.45) is 0. The van der Waals surface area contributed by atoms with E-state index in [1.807, 2.05) is 43.3 Å². The summed E-state index contributed by atoms with van der Waals surface area (Å²) in [7, 11) is 3.10. The summed E-state index contributed by atoms with van der Waals surface area (Å²) in [6, 6.07) is 17.0. The molecule has 0 saturated carbocycles. The summed E-state index contributed by atoms with van der Waals surface area (Å²) in [5, 5.41) is 3.36. The van der Waals surface area contributed by atoms with Crippen LogP contribution in [-0.2, 0) is 11.3 Å². The van der Waals surface area contributed by atoms with Gasteiger partial charge in [-0.1, -0.05) is 42.1 Å². The van der Waals surface area contributed by atoms with Crippen molar-refractivity contribution in [2.24, 2.45) is 0 Å². The number of rotatable bonds is 8. The number of hydrogen-bond acceptors (Lipinski definition) is 7. The van der Waals surface area contributed by atoms with Crippen LogP contribution in [0.25, 0.3) is 20.7 Å². The Morgan fingerprint density at radius 3 is 2.42 bits per heavy atom. The third kappa shape index (κ3) is 5.04. The number of fused-ring (bicyclic) bond motifs is 1. The highest BCUT2D eigenvalue weighted by Crippen LogP contribution is 2.32. The van der Waals surface area contributed by atoms with Crippen LogP contribution in [0.4, 0.5) is 5.69 Å². The van der Waals surface area contributed by atoms with E-state index >= 15 is 0 Å². The third-order valence-corrected chi connectivity index (χ3v) is 7.08. The molecule has 7 nitrogen and oxygen atoms in total. The lowest BCUT2D eigenvalue weighted by atomic mass is 10.2. The SMILES string of the molecule is CCn1c(SCC(=O)Nc2cc(OC)cc(OC)c2)nc2cc(-c3ccccc3)sc2c1=O. The van der Waals surface area contributed by atoms with Gasteiger partial charge in [-0.3, -0.25) is 14.2 Å². The summed E-state index contributed by atoms with van der Waals surface area (Å²) in [6.45, 7) is 2.37. The molecule has 4 aromatic rings. The molecule has 0 unspecified atom stereocenters. The first kappa shape index (κ1) is 22.9. The molecule has 33 heavy (non-hydrogen) atoms. The zero-order valence-corrected chi connectivity index (χ0v) is 20.1. The minimum Gasteiger partial charge on any atom is -0.497 e. The van der Waals surface area contributed by atoms with E-state index in [1.54, 1.807) is 37.0 Å². The van der Waals surface area contributed by atoms with Crippen LogP contribution in [0, 0.1) is 0 Å². The Morgan fingerprint density at radius 2 is 1.79 bits per heavy atom. The molecular formula is C24H23N3O4S2. The number of anilines is 1. The van der Waals surface area contributed by atoms with Crippen molar-refractivity contribution in [1.29, 1.82) is 0 Å². The van der Waals surface area contributed by atoms with E-state index in [4.69, 9.17) is 14.5 Å². The number of ether oxygens (including phenoxy) is 2. The molecule has 0 radical (unpaired) electrons. The van der Waals surface area contributed by atoms with Crippen LogP contribution >= 0.6 is 23.1 Å². The van der Waals surface area contributed by atoms with E-state index in [1.165, 1.54) is 23.1 Å². The molecule has 2 aromatic heterocycles. The third-order valence-electron chi connectivity index (χ3n) is 4.94. The quantitative estimate of drug-likeness (QED) is 0.285. The van der Waals surface area contributed by atoms with Crippen molar-refractivity contribution >= 4 is 44.9 Å². The first-order chi connectivity index (χ1) is 16.0. The first-order valence-electron chi connectivity index (χ1n) is 10.3. The predicted octanol–water partition coefficient (Wildman–Crippen LogP) is 4.89. The molecule has 0 spiro atoms. The van der Waals surface area contributed by atoms with Gasteiger partial charge >= 0.3 is 0 Å². The molecule has 170 valence electrons. The molecule has 0 aliphatic heterocycles. The molecule has 0 saturated heterocycles. The van der Waals surface area contributed by atoms with Crippen LogP contribution in [0.2, 0.25) is 0 Å². The lowest BCUT2D eigenvalue weighted by molar-refractivity contribution is -0.113. The molecule has 4 rings (SSSR count). The second-order valence-corrected chi connectivity index (χ2v) is 9.07. The Kier molecular flexibility index (Phi) is 7.00. The van der Waals surface area contributed by atoms with Crippen molar-refractivity contribution in [3.63, 3.8) is 0 Å². The van der Waals surface area contributed by atoms with Crippen LogP contribution in [0.5, 0.6) is 11.5 Å². The summed E-state index contributed by atoms with van der Waals surface area (Å²) in [4.78, 5) is 31.4. The van der Waals surface area contributed by atoms with Crippen LogP contribution in [0.3, 0.4) is 0 Å². The van der Waals surface area contributed by atoms with Gasteiger partial charge < -0.3 is 14.8 Å². The molecule has 0 aliphatic rings. The summed E-state index contributed by atoms with van der Waals surface area (Å²) >= 11 is 2.68. The fourth-order valence-electron chi connectivity index (χ4n) is 3.33. The van der Waals surface area contributed by atoms with E-state index < -0.39 is 0 Å². The van der Waals surface area contributed by atoms with Crippen LogP contribution < -0.4 is 20.3 Å². The second kappa shape index (κ2) is 10.1. The zero-order valence-electron chi connectivity index (χ0n) is 18.5. The van der Waals surface area contributed by atoms with Crippen LogP contribution in [-0.4, -0.2) is 35.4 Å². The van der Waals surface area contributed by atoms with Gasteiger partial charge in [-0.15, -0.1) is 11.3 Å². The molecule has 0 bridgehead atoms. The number of thiophene rings is 1. The molecule has 9 heteroatoms. The fraction of sp³-hybridized carbons (Fsp3) is 0.208. The van der Waals surface area contributed by atoms with Crippen LogP contribution in [0.1, 0.15) is 6.92 Å².